The van der Waals surface area contributed by atoms with Gasteiger partial charge in [0, 0.05) is 29.4 Å². The minimum Gasteiger partial charge on any atom is -0.493 e. The van der Waals surface area contributed by atoms with Gasteiger partial charge in [0.2, 0.25) is 5.91 Å². The quantitative estimate of drug-likeness (QED) is 0.449. The first-order valence-corrected chi connectivity index (χ1v) is 10.6. The summed E-state index contributed by atoms with van der Waals surface area (Å²) < 4.78 is 25.6. The molecule has 0 spiro atoms. The average Bonchev–Trinajstić information content (AvgIpc) is 3.36. The Kier molecular flexibility index (Phi) is 6.18. The van der Waals surface area contributed by atoms with Crippen LogP contribution in [0.5, 0.6) is 11.5 Å². The number of nitrogens with zero attached hydrogens (tertiary/aromatic N) is 2. The van der Waals surface area contributed by atoms with E-state index in [0.29, 0.717) is 24.5 Å². The van der Waals surface area contributed by atoms with E-state index in [0.717, 1.165) is 27.5 Å². The Morgan fingerprint density at radius 3 is 2.65 bits per heavy atom. The highest BCUT2D eigenvalue weighted by atomic mass is 32.1. The van der Waals surface area contributed by atoms with Crippen LogP contribution in [0.4, 0.5) is 4.39 Å². The fraction of sp³-hybridized carbons (Fsp3) is 0.217. The van der Waals surface area contributed by atoms with Crippen molar-refractivity contribution in [2.45, 2.75) is 12.8 Å². The number of carbonyl (C=O) groups is 1. The van der Waals surface area contributed by atoms with Crippen LogP contribution in [0, 0.1) is 5.82 Å². The lowest BCUT2D eigenvalue weighted by Crippen LogP contribution is -2.27. The van der Waals surface area contributed by atoms with E-state index in [1.807, 2.05) is 34.2 Å². The second-order valence-electron chi connectivity index (χ2n) is 6.98. The van der Waals surface area contributed by atoms with E-state index in [1.165, 1.54) is 23.5 Å². The lowest BCUT2D eigenvalue weighted by atomic mass is 10.1. The number of methoxy groups -OCH3 is 2. The molecule has 0 atom stereocenters. The highest BCUT2D eigenvalue weighted by Gasteiger charge is 2.13. The summed E-state index contributed by atoms with van der Waals surface area (Å²) >= 11 is 1.47. The fourth-order valence-corrected chi connectivity index (χ4v) is 4.20. The Labute approximate surface area is 183 Å². The highest BCUT2D eigenvalue weighted by molar-refractivity contribution is 7.15. The largest absolute Gasteiger partial charge is 0.493 e. The molecule has 0 radical (unpaired) electrons. The van der Waals surface area contributed by atoms with Gasteiger partial charge in [-0.25, -0.2) is 9.37 Å². The maximum Gasteiger partial charge on any atom is 0.225 e. The summed E-state index contributed by atoms with van der Waals surface area (Å²) in [5.74, 6) is 1.01. The van der Waals surface area contributed by atoms with E-state index < -0.39 is 0 Å². The van der Waals surface area contributed by atoms with Gasteiger partial charge in [-0.15, -0.1) is 11.3 Å². The summed E-state index contributed by atoms with van der Waals surface area (Å²) in [5, 5.41) is 4.90. The number of thiazole rings is 1. The maximum atomic E-state index is 13.2. The Balaban J connectivity index is 1.37. The van der Waals surface area contributed by atoms with Crippen molar-refractivity contribution < 1.29 is 18.7 Å². The van der Waals surface area contributed by atoms with Crippen LogP contribution in [0.3, 0.4) is 0 Å². The summed E-state index contributed by atoms with van der Waals surface area (Å²) in [6.07, 6.45) is 2.82. The molecule has 31 heavy (non-hydrogen) atoms. The van der Waals surface area contributed by atoms with Gasteiger partial charge in [-0.3, -0.25) is 9.20 Å². The van der Waals surface area contributed by atoms with Gasteiger partial charge in [-0.05, 0) is 48.4 Å². The van der Waals surface area contributed by atoms with Crippen LogP contribution in [-0.2, 0) is 17.6 Å². The molecule has 0 aliphatic rings. The highest BCUT2D eigenvalue weighted by Crippen LogP contribution is 2.27. The molecule has 0 unspecified atom stereocenters. The zero-order valence-electron chi connectivity index (χ0n) is 17.2. The van der Waals surface area contributed by atoms with Crippen molar-refractivity contribution in [1.29, 1.82) is 0 Å². The van der Waals surface area contributed by atoms with Gasteiger partial charge in [0.1, 0.15) is 5.82 Å². The van der Waals surface area contributed by atoms with E-state index in [2.05, 4.69) is 10.3 Å². The molecule has 0 aliphatic heterocycles. The van der Waals surface area contributed by atoms with Gasteiger partial charge in [-0.2, -0.15) is 0 Å². The average molecular weight is 440 g/mol. The monoisotopic (exact) mass is 439 g/mol. The fourth-order valence-electron chi connectivity index (χ4n) is 3.33. The minimum atomic E-state index is -0.282. The van der Waals surface area contributed by atoms with Gasteiger partial charge < -0.3 is 14.8 Å². The molecule has 2 heterocycles. The Hall–Kier alpha value is -3.39. The van der Waals surface area contributed by atoms with E-state index in [-0.39, 0.29) is 18.1 Å². The van der Waals surface area contributed by atoms with E-state index in [4.69, 9.17) is 9.47 Å². The third kappa shape index (κ3) is 4.69. The number of rotatable bonds is 8. The molecule has 2 aromatic heterocycles. The number of carbonyl (C=O) groups excluding carboxylic acids is 1. The zero-order valence-corrected chi connectivity index (χ0v) is 18.0. The molecule has 0 saturated heterocycles. The van der Waals surface area contributed by atoms with Crippen molar-refractivity contribution in [2.24, 2.45) is 0 Å². The summed E-state index contributed by atoms with van der Waals surface area (Å²) in [7, 11) is 3.20. The molecule has 0 saturated carbocycles. The molecule has 1 amide bonds. The first-order chi connectivity index (χ1) is 15.1. The number of imidazole rings is 1. The van der Waals surface area contributed by atoms with E-state index >= 15 is 0 Å². The van der Waals surface area contributed by atoms with Crippen molar-refractivity contribution in [2.75, 3.05) is 20.8 Å². The molecule has 6 nitrogen and oxygen atoms in total. The molecule has 0 aliphatic carbocycles. The number of ether oxygens (including phenoxy) is 2. The number of hydrogen-bond acceptors (Lipinski definition) is 5. The molecule has 4 rings (SSSR count). The summed E-state index contributed by atoms with van der Waals surface area (Å²) in [6.45, 7) is 0.520. The Morgan fingerprint density at radius 2 is 1.90 bits per heavy atom. The number of fused-ring (bicyclic) bond motifs is 1. The summed E-state index contributed by atoms with van der Waals surface area (Å²) in [4.78, 5) is 17.8. The van der Waals surface area contributed by atoms with Gasteiger partial charge in [0.15, 0.2) is 16.5 Å². The number of halogens is 1. The van der Waals surface area contributed by atoms with Gasteiger partial charge in [-0.1, -0.05) is 6.07 Å². The van der Waals surface area contributed by atoms with Crippen LogP contribution in [0.25, 0.3) is 16.2 Å². The van der Waals surface area contributed by atoms with Crippen molar-refractivity contribution in [3.8, 4) is 22.8 Å². The lowest BCUT2D eigenvalue weighted by molar-refractivity contribution is -0.120. The van der Waals surface area contributed by atoms with E-state index in [9.17, 15) is 9.18 Å². The van der Waals surface area contributed by atoms with Crippen LogP contribution in [0.2, 0.25) is 0 Å². The second kappa shape index (κ2) is 9.18. The third-order valence-electron chi connectivity index (χ3n) is 4.95. The van der Waals surface area contributed by atoms with Gasteiger partial charge in [0.25, 0.3) is 0 Å². The van der Waals surface area contributed by atoms with Crippen LogP contribution in [-0.4, -0.2) is 36.1 Å². The first-order valence-electron chi connectivity index (χ1n) is 9.76. The molecule has 160 valence electrons. The summed E-state index contributed by atoms with van der Waals surface area (Å²) in [5.41, 5.74) is 3.50. The number of benzene rings is 2. The van der Waals surface area contributed by atoms with Gasteiger partial charge >= 0.3 is 0 Å². The third-order valence-corrected chi connectivity index (χ3v) is 5.84. The number of aromatic nitrogens is 2. The van der Waals surface area contributed by atoms with Crippen molar-refractivity contribution in [3.63, 3.8) is 0 Å². The molecule has 8 heteroatoms. The molecule has 4 aromatic rings. The minimum absolute atomic E-state index is 0.0581. The lowest BCUT2D eigenvalue weighted by Gasteiger charge is -2.10. The number of amides is 1. The predicted octanol–water partition coefficient (Wildman–Crippen LogP) is 4.12. The van der Waals surface area contributed by atoms with Crippen LogP contribution in [0.1, 0.15) is 11.3 Å². The molecular weight excluding hydrogens is 417 g/mol. The predicted molar refractivity (Wildman–Crippen MR) is 118 cm³/mol. The first kappa shape index (κ1) is 20.9. The molecule has 0 bridgehead atoms. The van der Waals surface area contributed by atoms with Gasteiger partial charge in [0.05, 0.1) is 26.3 Å². The Morgan fingerprint density at radius 1 is 1.13 bits per heavy atom. The molecular formula is C23H22FN3O3S. The smallest absolute Gasteiger partial charge is 0.225 e. The second-order valence-corrected chi connectivity index (χ2v) is 7.82. The standard InChI is InChI=1S/C23H22FN3O3S/c1-29-20-8-3-15(11-21(20)30-2)9-10-25-22(28)12-18-14-31-23-26-19(13-27(18)23)16-4-6-17(24)7-5-16/h3-8,11,13-14H,9-10,12H2,1-2H3,(H,25,28). The van der Waals surface area contributed by atoms with Crippen LogP contribution >= 0.6 is 11.3 Å². The number of nitrogens with one attached hydrogen (secondary N) is 1. The van der Waals surface area contributed by atoms with Crippen molar-refractivity contribution >= 4 is 22.2 Å². The normalized spacial score (nSPS) is 10.9. The van der Waals surface area contributed by atoms with E-state index in [1.54, 1.807) is 26.4 Å². The van der Waals surface area contributed by atoms with Crippen molar-refractivity contribution in [1.82, 2.24) is 14.7 Å². The Bertz CT molecular complexity index is 1200. The summed E-state index contributed by atoms with van der Waals surface area (Å²) in [6, 6.07) is 11.9. The number of hydrogen-bond donors (Lipinski definition) is 1. The zero-order chi connectivity index (χ0) is 21.8. The topological polar surface area (TPSA) is 64.9 Å². The SMILES string of the molecule is COc1ccc(CCNC(=O)Cc2csc3nc(-c4ccc(F)cc4)cn23)cc1OC. The van der Waals surface area contributed by atoms with Crippen LogP contribution < -0.4 is 14.8 Å². The maximum absolute atomic E-state index is 13.2. The molecule has 2 aromatic carbocycles. The molecule has 1 N–H and O–H groups in total. The molecule has 0 fully saturated rings. The van der Waals surface area contributed by atoms with Crippen molar-refractivity contribution in [3.05, 3.63) is 71.1 Å². The van der Waals surface area contributed by atoms with Crippen LogP contribution in [0.15, 0.2) is 54.0 Å².